The molecule has 5 nitrogen and oxygen atoms in total. The van der Waals surface area contributed by atoms with Gasteiger partial charge in [0.15, 0.2) is 11.6 Å². The van der Waals surface area contributed by atoms with Crippen LogP contribution < -0.4 is 10.2 Å². The Morgan fingerprint density at radius 3 is 2.48 bits per heavy atom. The Kier molecular flexibility index (Phi) is 4.37. The van der Waals surface area contributed by atoms with Crippen molar-refractivity contribution in [1.29, 1.82) is 0 Å². The molecule has 1 aliphatic rings. The first-order valence-electron chi connectivity index (χ1n) is 7.44. The van der Waals surface area contributed by atoms with Crippen LogP contribution in [-0.4, -0.2) is 40.8 Å². The van der Waals surface area contributed by atoms with Crippen LogP contribution in [-0.2, 0) is 4.74 Å². The molecule has 0 aliphatic carbocycles. The number of nitrogens with one attached hydrogen (secondary N) is 1. The highest BCUT2D eigenvalue weighted by Gasteiger charge is 2.39. The normalized spacial score (nSPS) is 20.4. The number of nitrogens with zero attached hydrogens (tertiary/aromatic N) is 3. The smallest absolute Gasteiger partial charge is 0.224 e. The van der Waals surface area contributed by atoms with Gasteiger partial charge < -0.3 is 15.0 Å². The second kappa shape index (κ2) is 5.75. The average Bonchev–Trinajstić information content (AvgIpc) is 2.34. The lowest BCUT2D eigenvalue weighted by Gasteiger charge is -2.47. The van der Waals surface area contributed by atoms with Gasteiger partial charge in [-0.05, 0) is 34.1 Å². The van der Waals surface area contributed by atoms with Gasteiger partial charge in [0.25, 0.3) is 0 Å². The summed E-state index contributed by atoms with van der Waals surface area (Å²) in [5.74, 6) is 0.411. The van der Waals surface area contributed by atoms with Crippen LogP contribution in [0.3, 0.4) is 0 Å². The summed E-state index contributed by atoms with van der Waals surface area (Å²) in [6.07, 6.45) is 2.20. The maximum atomic E-state index is 14.1. The predicted molar refractivity (Wildman–Crippen MR) is 82.2 cm³/mol. The molecule has 2 heterocycles. The van der Waals surface area contributed by atoms with Crippen molar-refractivity contribution in [3.63, 3.8) is 0 Å². The van der Waals surface area contributed by atoms with E-state index in [9.17, 15) is 4.39 Å². The van der Waals surface area contributed by atoms with E-state index in [1.807, 2.05) is 32.6 Å². The van der Waals surface area contributed by atoms with Gasteiger partial charge in [0.05, 0.1) is 17.4 Å². The van der Waals surface area contributed by atoms with Gasteiger partial charge in [0, 0.05) is 19.6 Å². The minimum Gasteiger partial charge on any atom is -0.366 e. The third-order valence-corrected chi connectivity index (χ3v) is 3.25. The van der Waals surface area contributed by atoms with E-state index in [0.717, 1.165) is 13.0 Å². The van der Waals surface area contributed by atoms with E-state index in [2.05, 4.69) is 22.2 Å². The molecule has 0 spiro atoms. The molecule has 1 aromatic heterocycles. The molecule has 0 aromatic carbocycles. The molecule has 0 unspecified atom stereocenters. The zero-order valence-electron chi connectivity index (χ0n) is 13.5. The number of morpholine rings is 1. The van der Waals surface area contributed by atoms with E-state index in [0.29, 0.717) is 24.9 Å². The number of hydrogen-bond donors (Lipinski definition) is 1. The van der Waals surface area contributed by atoms with Gasteiger partial charge in [-0.3, -0.25) is 0 Å². The Morgan fingerprint density at radius 1 is 1.29 bits per heavy atom. The predicted octanol–water partition coefficient (Wildman–Crippen LogP) is 2.83. The van der Waals surface area contributed by atoms with Gasteiger partial charge in [0.2, 0.25) is 5.95 Å². The van der Waals surface area contributed by atoms with Gasteiger partial charge in [0.1, 0.15) is 0 Å². The summed E-state index contributed by atoms with van der Waals surface area (Å²) in [5, 5.41) is 3.10. The lowest BCUT2D eigenvalue weighted by Crippen LogP contribution is -2.57. The van der Waals surface area contributed by atoms with Gasteiger partial charge in [-0.15, -0.1) is 0 Å². The number of rotatable bonds is 4. The first-order chi connectivity index (χ1) is 9.72. The van der Waals surface area contributed by atoms with E-state index in [-0.39, 0.29) is 11.2 Å². The van der Waals surface area contributed by atoms with Crippen LogP contribution in [0.25, 0.3) is 0 Å². The number of aromatic nitrogens is 2. The van der Waals surface area contributed by atoms with Gasteiger partial charge in [-0.1, -0.05) is 6.92 Å². The summed E-state index contributed by atoms with van der Waals surface area (Å²) < 4.78 is 20.2. The molecule has 0 bridgehead atoms. The van der Waals surface area contributed by atoms with Crippen LogP contribution in [0.5, 0.6) is 0 Å². The molecular formula is C15H25FN4O. The monoisotopic (exact) mass is 296 g/mol. The minimum absolute atomic E-state index is 0.341. The van der Waals surface area contributed by atoms with E-state index in [1.54, 1.807) is 0 Å². The first kappa shape index (κ1) is 15.9. The fourth-order valence-corrected chi connectivity index (χ4v) is 2.84. The summed E-state index contributed by atoms with van der Waals surface area (Å²) in [7, 11) is 0. The highest BCUT2D eigenvalue weighted by molar-refractivity contribution is 5.45. The number of anilines is 2. The molecular weight excluding hydrogens is 271 g/mol. The zero-order valence-corrected chi connectivity index (χ0v) is 13.5. The second-order valence-corrected chi connectivity index (χ2v) is 6.77. The number of ether oxygens (including phenoxy) is 1. The first-order valence-corrected chi connectivity index (χ1v) is 7.44. The third-order valence-electron chi connectivity index (χ3n) is 3.25. The molecule has 0 saturated carbocycles. The maximum Gasteiger partial charge on any atom is 0.224 e. The largest absolute Gasteiger partial charge is 0.366 e. The van der Waals surface area contributed by atoms with E-state index in [1.165, 1.54) is 6.20 Å². The van der Waals surface area contributed by atoms with Crippen LogP contribution in [0.4, 0.5) is 16.2 Å². The molecule has 0 amide bonds. The minimum atomic E-state index is -0.398. The van der Waals surface area contributed by atoms with Crippen LogP contribution in [0.15, 0.2) is 6.20 Å². The second-order valence-electron chi connectivity index (χ2n) is 6.77. The Balaban J connectivity index is 2.27. The fraction of sp³-hybridized carbons (Fsp3) is 0.733. The third kappa shape index (κ3) is 4.03. The van der Waals surface area contributed by atoms with Gasteiger partial charge >= 0.3 is 0 Å². The summed E-state index contributed by atoms with van der Waals surface area (Å²) in [6, 6.07) is 0. The quantitative estimate of drug-likeness (QED) is 0.926. The number of hydrogen-bond acceptors (Lipinski definition) is 5. The van der Waals surface area contributed by atoms with Crippen LogP contribution >= 0.6 is 0 Å². The van der Waals surface area contributed by atoms with Crippen LogP contribution in [0, 0.1) is 5.82 Å². The molecule has 21 heavy (non-hydrogen) atoms. The summed E-state index contributed by atoms with van der Waals surface area (Å²) >= 11 is 0. The van der Waals surface area contributed by atoms with Crippen molar-refractivity contribution in [2.45, 2.75) is 52.2 Å². The molecule has 1 N–H and O–H groups in total. The van der Waals surface area contributed by atoms with Crippen LogP contribution in [0.2, 0.25) is 0 Å². The Labute approximate surface area is 125 Å². The number of halogens is 1. The lowest BCUT2D eigenvalue weighted by atomic mass is 9.99. The Morgan fingerprint density at radius 2 is 1.90 bits per heavy atom. The van der Waals surface area contributed by atoms with Crippen molar-refractivity contribution in [2.24, 2.45) is 0 Å². The lowest BCUT2D eigenvalue weighted by molar-refractivity contribution is -0.133. The summed E-state index contributed by atoms with van der Waals surface area (Å²) in [6.45, 7) is 12.1. The van der Waals surface area contributed by atoms with Gasteiger partial charge in [-0.25, -0.2) is 9.37 Å². The highest BCUT2D eigenvalue weighted by atomic mass is 19.1. The standard InChI is InChI=1S/C15H25FN4O/c1-6-7-17-13-18-8-11(16)12(19-13)20-9-14(2,3)21-15(4,5)10-20/h8H,6-7,9-10H2,1-5H3,(H,17,18,19). The molecule has 118 valence electrons. The maximum absolute atomic E-state index is 14.1. The molecule has 1 aromatic rings. The Bertz CT molecular complexity index is 488. The molecule has 1 saturated heterocycles. The molecule has 2 rings (SSSR count). The Hall–Kier alpha value is -1.43. The van der Waals surface area contributed by atoms with Crippen molar-refractivity contribution >= 4 is 11.8 Å². The SMILES string of the molecule is CCCNc1ncc(F)c(N2CC(C)(C)OC(C)(C)C2)n1. The van der Waals surface area contributed by atoms with Gasteiger partial charge in [-0.2, -0.15) is 4.98 Å². The van der Waals surface area contributed by atoms with E-state index < -0.39 is 5.82 Å². The molecule has 0 atom stereocenters. The summed E-state index contributed by atoms with van der Waals surface area (Å²) in [4.78, 5) is 10.3. The fourth-order valence-electron chi connectivity index (χ4n) is 2.84. The van der Waals surface area contributed by atoms with E-state index in [4.69, 9.17) is 4.74 Å². The van der Waals surface area contributed by atoms with Crippen molar-refractivity contribution in [3.8, 4) is 0 Å². The highest BCUT2D eigenvalue weighted by Crippen LogP contribution is 2.31. The van der Waals surface area contributed by atoms with Crippen LogP contribution in [0.1, 0.15) is 41.0 Å². The molecule has 0 radical (unpaired) electrons. The molecule has 6 heteroatoms. The van der Waals surface area contributed by atoms with Crippen molar-refractivity contribution in [3.05, 3.63) is 12.0 Å². The van der Waals surface area contributed by atoms with Crippen molar-refractivity contribution in [2.75, 3.05) is 29.9 Å². The average molecular weight is 296 g/mol. The van der Waals surface area contributed by atoms with Crippen molar-refractivity contribution < 1.29 is 9.13 Å². The molecule has 1 aliphatic heterocycles. The molecule has 1 fully saturated rings. The summed E-state index contributed by atoms with van der Waals surface area (Å²) in [5.41, 5.74) is -0.702. The topological polar surface area (TPSA) is 50.3 Å². The van der Waals surface area contributed by atoms with Crippen molar-refractivity contribution in [1.82, 2.24) is 9.97 Å². The zero-order chi connectivity index (χ0) is 15.7. The van der Waals surface area contributed by atoms with E-state index >= 15 is 0 Å².